The van der Waals surface area contributed by atoms with Crippen LogP contribution in [-0.4, -0.2) is 53.0 Å². The predicted molar refractivity (Wildman–Crippen MR) is 159 cm³/mol. The van der Waals surface area contributed by atoms with E-state index >= 15 is 0 Å². The maximum atomic E-state index is 12.3. The van der Waals surface area contributed by atoms with Crippen LogP contribution in [0.3, 0.4) is 0 Å². The molecule has 224 valence electrons. The topological polar surface area (TPSA) is 96.3 Å². The quantitative estimate of drug-likeness (QED) is 0.106. The minimum atomic E-state index is -2.18. The van der Waals surface area contributed by atoms with Crippen LogP contribution in [0.5, 0.6) is 0 Å². The zero-order valence-corrected chi connectivity index (χ0v) is 25.1. The summed E-state index contributed by atoms with van der Waals surface area (Å²) < 4.78 is 34.2. The Bertz CT molecular complexity index is 1260. The summed E-state index contributed by atoms with van der Waals surface area (Å²) in [7, 11) is 0. The number of alkyl halides is 3. The van der Waals surface area contributed by atoms with Gasteiger partial charge in [-0.3, -0.25) is 10.2 Å². The molecule has 8 nitrogen and oxygen atoms in total. The average Bonchev–Trinajstić information content (AvgIpc) is 2.97. The van der Waals surface area contributed by atoms with Gasteiger partial charge in [0.15, 0.2) is 6.10 Å². The zero-order valence-electron chi connectivity index (χ0n) is 22.9. The third-order valence-electron chi connectivity index (χ3n) is 6.35. The van der Waals surface area contributed by atoms with Crippen LogP contribution < -0.4 is 0 Å². The van der Waals surface area contributed by atoms with Crippen molar-refractivity contribution in [1.29, 1.82) is 5.41 Å². The molecule has 0 aromatic heterocycles. The lowest BCUT2D eigenvalue weighted by Gasteiger charge is -2.45. The smallest absolute Gasteiger partial charge is 0.303 e. The van der Waals surface area contributed by atoms with Crippen molar-refractivity contribution < 1.29 is 33.2 Å². The second-order valence-electron chi connectivity index (χ2n) is 9.58. The van der Waals surface area contributed by atoms with Gasteiger partial charge >= 0.3 is 5.97 Å². The molecule has 11 heteroatoms. The van der Waals surface area contributed by atoms with Gasteiger partial charge in [-0.2, -0.15) is 0 Å². The predicted octanol–water partition coefficient (Wildman–Crippen LogP) is 6.39. The van der Waals surface area contributed by atoms with E-state index in [-0.39, 0.29) is 19.8 Å². The van der Waals surface area contributed by atoms with Gasteiger partial charge in [0.05, 0.1) is 26.4 Å². The summed E-state index contributed by atoms with van der Waals surface area (Å²) >= 11 is 17.7. The van der Waals surface area contributed by atoms with Crippen LogP contribution in [0.2, 0.25) is 0 Å². The van der Waals surface area contributed by atoms with Gasteiger partial charge in [0.2, 0.25) is 12.2 Å². The highest BCUT2D eigenvalue weighted by molar-refractivity contribution is 6.76. The largest absolute Gasteiger partial charge is 0.453 e. The molecule has 0 aliphatic carbocycles. The van der Waals surface area contributed by atoms with Gasteiger partial charge in [-0.15, -0.1) is 0 Å². The molecule has 1 N–H and O–H groups in total. The third kappa shape index (κ3) is 9.67. The van der Waals surface area contributed by atoms with E-state index in [2.05, 4.69) is 0 Å². The highest BCUT2D eigenvalue weighted by Gasteiger charge is 2.52. The second kappa shape index (κ2) is 15.7. The summed E-state index contributed by atoms with van der Waals surface area (Å²) in [6, 6.07) is 28.8. The molecule has 0 spiro atoms. The standard InChI is InChI=1S/C31H32Cl3NO7/c1-21(36)40-28-27(39-19-24-15-9-4-10-16-24)26(38-18-23-13-7-3-8-14-23)25(20-37-17-22-11-5-2-6-12-22)41-29(28)42-30(35)31(32,33)34/h2-16,25-29,35H,17-20H2,1H3/t25?,26-,27+,28?,29-/m1/s1. The molecule has 5 atom stereocenters. The van der Waals surface area contributed by atoms with Crippen molar-refractivity contribution in [2.75, 3.05) is 6.61 Å². The number of halogens is 3. The molecule has 1 fully saturated rings. The van der Waals surface area contributed by atoms with Crippen molar-refractivity contribution in [3.05, 3.63) is 108 Å². The summed E-state index contributed by atoms with van der Waals surface area (Å²) in [5, 5.41) is 8.17. The molecule has 3 aromatic rings. The number of carbonyl (C=O) groups is 1. The normalized spacial score (nSPS) is 22.3. The Morgan fingerprint density at radius 2 is 1.21 bits per heavy atom. The van der Waals surface area contributed by atoms with Gasteiger partial charge in [-0.25, -0.2) is 0 Å². The van der Waals surface area contributed by atoms with Crippen molar-refractivity contribution >= 4 is 46.7 Å². The summed E-state index contributed by atoms with van der Waals surface area (Å²) in [6.07, 6.45) is -5.01. The van der Waals surface area contributed by atoms with Gasteiger partial charge in [0.1, 0.15) is 18.3 Å². The monoisotopic (exact) mass is 635 g/mol. The number of rotatable bonds is 12. The molecule has 0 amide bonds. The molecule has 2 unspecified atom stereocenters. The molecular weight excluding hydrogens is 605 g/mol. The molecule has 1 saturated heterocycles. The van der Waals surface area contributed by atoms with E-state index in [1.54, 1.807) is 0 Å². The molecule has 42 heavy (non-hydrogen) atoms. The fraction of sp³-hybridized carbons (Fsp3) is 0.355. The van der Waals surface area contributed by atoms with Crippen LogP contribution in [0.25, 0.3) is 0 Å². The molecule has 0 radical (unpaired) electrons. The summed E-state index contributed by atoms with van der Waals surface area (Å²) in [5.74, 6) is -1.32. The highest BCUT2D eigenvalue weighted by Crippen LogP contribution is 2.34. The first kappa shape index (κ1) is 32.2. The Balaban J connectivity index is 1.64. The SMILES string of the molecule is CC(=O)OC1[C@@H](OC(=N)C(Cl)(Cl)Cl)OC(COCc2ccccc2)[C@@H](OCc2ccccc2)[C@@H]1OCc1ccccc1. The first-order valence-corrected chi connectivity index (χ1v) is 14.4. The Hall–Kier alpha value is -2.69. The lowest BCUT2D eigenvalue weighted by molar-refractivity contribution is -0.305. The van der Waals surface area contributed by atoms with Gasteiger partial charge < -0.3 is 28.4 Å². The van der Waals surface area contributed by atoms with E-state index in [0.717, 1.165) is 16.7 Å². The number of hydrogen-bond donors (Lipinski definition) is 1. The average molecular weight is 637 g/mol. The van der Waals surface area contributed by atoms with E-state index in [1.807, 2.05) is 91.0 Å². The number of esters is 1. The van der Waals surface area contributed by atoms with Gasteiger partial charge in [0, 0.05) is 6.92 Å². The molecule has 1 heterocycles. The molecule has 1 aliphatic heterocycles. The molecule has 3 aromatic carbocycles. The Morgan fingerprint density at radius 3 is 1.69 bits per heavy atom. The van der Waals surface area contributed by atoms with Crippen molar-refractivity contribution in [1.82, 2.24) is 0 Å². The number of benzene rings is 3. The van der Waals surface area contributed by atoms with Crippen LogP contribution in [0, 0.1) is 5.41 Å². The summed E-state index contributed by atoms with van der Waals surface area (Å²) in [4.78, 5) is 12.3. The van der Waals surface area contributed by atoms with Gasteiger partial charge in [0.25, 0.3) is 3.79 Å². The van der Waals surface area contributed by atoms with Gasteiger partial charge in [-0.1, -0.05) is 126 Å². The Kier molecular flexibility index (Phi) is 12.0. The fourth-order valence-electron chi connectivity index (χ4n) is 4.40. The summed E-state index contributed by atoms with van der Waals surface area (Å²) in [6.45, 7) is 2.01. The van der Waals surface area contributed by atoms with E-state index in [1.165, 1.54) is 6.92 Å². The number of ether oxygens (including phenoxy) is 6. The van der Waals surface area contributed by atoms with Crippen molar-refractivity contribution in [3.63, 3.8) is 0 Å². The number of nitrogens with one attached hydrogen (secondary N) is 1. The van der Waals surface area contributed by atoms with Crippen molar-refractivity contribution in [2.24, 2.45) is 0 Å². The fourth-order valence-corrected chi connectivity index (χ4v) is 4.53. The third-order valence-corrected chi connectivity index (χ3v) is 6.86. The van der Waals surface area contributed by atoms with Crippen LogP contribution in [0.4, 0.5) is 0 Å². The molecule has 4 rings (SSSR count). The highest BCUT2D eigenvalue weighted by atomic mass is 35.6. The van der Waals surface area contributed by atoms with E-state index < -0.39 is 46.4 Å². The van der Waals surface area contributed by atoms with Gasteiger partial charge in [-0.05, 0) is 16.7 Å². The summed E-state index contributed by atoms with van der Waals surface area (Å²) in [5.41, 5.74) is 2.77. The number of carbonyl (C=O) groups excluding carboxylic acids is 1. The maximum Gasteiger partial charge on any atom is 0.303 e. The zero-order chi connectivity index (χ0) is 30.0. The van der Waals surface area contributed by atoms with Crippen LogP contribution in [0.15, 0.2) is 91.0 Å². The molecular formula is C31H32Cl3NO7. The van der Waals surface area contributed by atoms with Crippen LogP contribution in [0.1, 0.15) is 23.6 Å². The second-order valence-corrected chi connectivity index (χ2v) is 11.9. The Labute approximate surface area is 260 Å². The lowest BCUT2D eigenvalue weighted by atomic mass is 9.98. The van der Waals surface area contributed by atoms with Crippen LogP contribution in [-0.2, 0) is 53.0 Å². The molecule has 0 bridgehead atoms. The first-order chi connectivity index (χ1) is 20.2. The first-order valence-electron chi connectivity index (χ1n) is 13.3. The maximum absolute atomic E-state index is 12.3. The Morgan fingerprint density at radius 1 is 0.738 bits per heavy atom. The number of hydrogen-bond acceptors (Lipinski definition) is 8. The van der Waals surface area contributed by atoms with Crippen LogP contribution >= 0.6 is 34.8 Å². The minimum absolute atomic E-state index is 0.0628. The molecule has 0 saturated carbocycles. The minimum Gasteiger partial charge on any atom is -0.453 e. The molecule has 1 aliphatic rings. The van der Waals surface area contributed by atoms with Crippen molar-refractivity contribution in [2.45, 2.75) is 61.2 Å². The van der Waals surface area contributed by atoms with E-state index in [0.29, 0.717) is 6.61 Å². The van der Waals surface area contributed by atoms with E-state index in [9.17, 15) is 4.79 Å². The lowest BCUT2D eigenvalue weighted by Crippen LogP contribution is -2.62. The van der Waals surface area contributed by atoms with E-state index in [4.69, 9.17) is 68.6 Å². The van der Waals surface area contributed by atoms with Crippen molar-refractivity contribution in [3.8, 4) is 0 Å².